The Morgan fingerprint density at radius 1 is 1.24 bits per heavy atom. The number of nitrogens with zero attached hydrogens (tertiary/aromatic N) is 2. The van der Waals surface area contributed by atoms with Gasteiger partial charge in [-0.3, -0.25) is 4.79 Å². The molecule has 1 amide bonds. The predicted octanol–water partition coefficient (Wildman–Crippen LogP) is 3.94. The maximum Gasteiger partial charge on any atom is 0.275 e. The Balaban J connectivity index is 1.52. The number of anilines is 2. The van der Waals surface area contributed by atoms with Crippen LogP contribution >= 0.6 is 11.6 Å². The number of nitrogens with one attached hydrogen (secondary N) is 2. The molecule has 0 aliphatic heterocycles. The van der Waals surface area contributed by atoms with Gasteiger partial charge in [-0.25, -0.2) is 4.98 Å². The monoisotopic (exact) mass is 356 g/mol. The molecule has 25 heavy (non-hydrogen) atoms. The van der Waals surface area contributed by atoms with Gasteiger partial charge in [0.1, 0.15) is 11.5 Å². The van der Waals surface area contributed by atoms with Crippen molar-refractivity contribution in [3.05, 3.63) is 70.7 Å². The van der Waals surface area contributed by atoms with Crippen molar-refractivity contribution >= 4 is 29.0 Å². The third-order valence-electron chi connectivity index (χ3n) is 3.50. The molecule has 0 spiro atoms. The van der Waals surface area contributed by atoms with Gasteiger partial charge < -0.3 is 15.2 Å². The molecule has 2 aromatic heterocycles. The summed E-state index contributed by atoms with van der Waals surface area (Å²) in [5.74, 6) is 0.661. The Kier molecular flexibility index (Phi) is 5.30. The summed E-state index contributed by atoms with van der Waals surface area (Å²) in [5.41, 5.74) is 2.31. The fourth-order valence-corrected chi connectivity index (χ4v) is 2.49. The Morgan fingerprint density at radius 3 is 2.80 bits per heavy atom. The highest BCUT2D eigenvalue weighted by Crippen LogP contribution is 2.13. The van der Waals surface area contributed by atoms with Gasteiger partial charge in [0.25, 0.3) is 5.91 Å². The standard InChI is InChI=1S/C18H17ClN4O2/c1-12-9-17(23-25-12)22-18(24)16-6-5-15(11-21-16)20-8-7-13-3-2-4-14(19)10-13/h2-6,9-11,20H,7-8H2,1H3,(H,22,23,24). The van der Waals surface area contributed by atoms with Crippen molar-refractivity contribution in [2.45, 2.75) is 13.3 Å². The van der Waals surface area contributed by atoms with Gasteiger partial charge in [0.2, 0.25) is 0 Å². The highest BCUT2D eigenvalue weighted by molar-refractivity contribution is 6.30. The van der Waals surface area contributed by atoms with Gasteiger partial charge in [-0.1, -0.05) is 28.9 Å². The van der Waals surface area contributed by atoms with Gasteiger partial charge in [0.05, 0.1) is 11.9 Å². The van der Waals surface area contributed by atoms with E-state index in [1.165, 1.54) is 0 Å². The molecule has 6 nitrogen and oxygen atoms in total. The minimum Gasteiger partial charge on any atom is -0.383 e. The highest BCUT2D eigenvalue weighted by atomic mass is 35.5. The lowest BCUT2D eigenvalue weighted by Crippen LogP contribution is -2.14. The quantitative estimate of drug-likeness (QED) is 0.699. The summed E-state index contributed by atoms with van der Waals surface area (Å²) in [6.45, 7) is 2.50. The van der Waals surface area contributed by atoms with Gasteiger partial charge in [-0.2, -0.15) is 0 Å². The van der Waals surface area contributed by atoms with E-state index in [-0.39, 0.29) is 5.91 Å². The molecule has 2 N–H and O–H groups in total. The lowest BCUT2D eigenvalue weighted by atomic mass is 10.1. The average Bonchev–Trinajstić information content (AvgIpc) is 3.00. The summed E-state index contributed by atoms with van der Waals surface area (Å²) >= 11 is 5.97. The third kappa shape index (κ3) is 4.81. The normalized spacial score (nSPS) is 10.5. The number of amides is 1. The Bertz CT molecular complexity index is 862. The zero-order valence-electron chi connectivity index (χ0n) is 13.6. The predicted molar refractivity (Wildman–Crippen MR) is 97.1 cm³/mol. The lowest BCUT2D eigenvalue weighted by molar-refractivity contribution is 0.102. The van der Waals surface area contributed by atoms with Crippen LogP contribution in [0, 0.1) is 6.92 Å². The number of carbonyl (C=O) groups excluding carboxylic acids is 1. The van der Waals surface area contributed by atoms with E-state index in [1.807, 2.05) is 30.3 Å². The van der Waals surface area contributed by atoms with E-state index in [0.29, 0.717) is 17.3 Å². The Hall–Kier alpha value is -2.86. The second-order valence-electron chi connectivity index (χ2n) is 5.52. The summed E-state index contributed by atoms with van der Waals surface area (Å²) < 4.78 is 4.91. The van der Waals surface area contributed by atoms with Gasteiger partial charge in [-0.05, 0) is 43.2 Å². The molecule has 0 fully saturated rings. The number of aryl methyl sites for hydroxylation is 1. The summed E-state index contributed by atoms with van der Waals surface area (Å²) in [7, 11) is 0. The molecule has 0 saturated carbocycles. The SMILES string of the molecule is Cc1cc(NC(=O)c2ccc(NCCc3cccc(Cl)c3)cn2)no1. The van der Waals surface area contributed by atoms with E-state index in [1.54, 1.807) is 25.3 Å². The second kappa shape index (κ2) is 7.81. The molecular weight excluding hydrogens is 340 g/mol. The van der Waals surface area contributed by atoms with E-state index in [2.05, 4.69) is 20.8 Å². The summed E-state index contributed by atoms with van der Waals surface area (Å²) in [4.78, 5) is 16.2. The van der Waals surface area contributed by atoms with Gasteiger partial charge in [-0.15, -0.1) is 0 Å². The van der Waals surface area contributed by atoms with E-state index >= 15 is 0 Å². The van der Waals surface area contributed by atoms with Crippen LogP contribution in [0.3, 0.4) is 0 Å². The van der Waals surface area contributed by atoms with Crippen molar-refractivity contribution in [3.63, 3.8) is 0 Å². The molecule has 0 radical (unpaired) electrons. The van der Waals surface area contributed by atoms with Crippen molar-refractivity contribution < 1.29 is 9.32 Å². The fourth-order valence-electron chi connectivity index (χ4n) is 2.28. The first kappa shape index (κ1) is 17.0. The molecule has 0 bridgehead atoms. The number of benzene rings is 1. The number of hydrogen-bond donors (Lipinski definition) is 2. The van der Waals surface area contributed by atoms with Crippen LogP contribution in [0.15, 0.2) is 53.2 Å². The molecule has 0 saturated heterocycles. The molecule has 128 valence electrons. The lowest BCUT2D eigenvalue weighted by Gasteiger charge is -2.07. The first-order chi connectivity index (χ1) is 12.1. The van der Waals surface area contributed by atoms with Crippen molar-refractivity contribution in [1.29, 1.82) is 0 Å². The number of hydrogen-bond acceptors (Lipinski definition) is 5. The largest absolute Gasteiger partial charge is 0.383 e. The number of pyridine rings is 1. The molecule has 7 heteroatoms. The van der Waals surface area contributed by atoms with Crippen LogP contribution in [0.25, 0.3) is 0 Å². The third-order valence-corrected chi connectivity index (χ3v) is 3.73. The van der Waals surface area contributed by atoms with Crippen molar-refractivity contribution in [2.24, 2.45) is 0 Å². The van der Waals surface area contributed by atoms with Crippen molar-refractivity contribution in [3.8, 4) is 0 Å². The van der Waals surface area contributed by atoms with Crippen LogP contribution in [0.4, 0.5) is 11.5 Å². The minimum atomic E-state index is -0.334. The van der Waals surface area contributed by atoms with Crippen LogP contribution in [0.2, 0.25) is 5.02 Å². The first-order valence-corrected chi connectivity index (χ1v) is 8.17. The first-order valence-electron chi connectivity index (χ1n) is 7.79. The zero-order chi connectivity index (χ0) is 17.6. The molecule has 0 atom stereocenters. The summed E-state index contributed by atoms with van der Waals surface area (Å²) in [5, 5.41) is 10.3. The van der Waals surface area contributed by atoms with Crippen LogP contribution < -0.4 is 10.6 Å². The van der Waals surface area contributed by atoms with E-state index in [9.17, 15) is 4.79 Å². The van der Waals surface area contributed by atoms with E-state index < -0.39 is 0 Å². The van der Waals surface area contributed by atoms with Crippen molar-refractivity contribution in [1.82, 2.24) is 10.1 Å². The number of aromatic nitrogens is 2. The van der Waals surface area contributed by atoms with Gasteiger partial charge >= 0.3 is 0 Å². The Labute approximate surface area is 150 Å². The average molecular weight is 357 g/mol. The van der Waals surface area contributed by atoms with Crippen LogP contribution in [0.5, 0.6) is 0 Å². The van der Waals surface area contributed by atoms with E-state index in [4.69, 9.17) is 16.1 Å². The maximum absolute atomic E-state index is 12.1. The molecule has 2 heterocycles. The van der Waals surface area contributed by atoms with Crippen LogP contribution in [-0.2, 0) is 6.42 Å². The molecular formula is C18H17ClN4O2. The van der Waals surface area contributed by atoms with Gasteiger partial charge in [0, 0.05) is 17.6 Å². The minimum absolute atomic E-state index is 0.307. The highest BCUT2D eigenvalue weighted by Gasteiger charge is 2.10. The molecule has 0 unspecified atom stereocenters. The van der Waals surface area contributed by atoms with Crippen LogP contribution in [-0.4, -0.2) is 22.6 Å². The van der Waals surface area contributed by atoms with Crippen molar-refractivity contribution in [2.75, 3.05) is 17.2 Å². The molecule has 3 rings (SSSR count). The van der Waals surface area contributed by atoms with Gasteiger partial charge in [0.15, 0.2) is 5.82 Å². The molecule has 0 aliphatic carbocycles. The fraction of sp³-hybridized carbons (Fsp3) is 0.167. The maximum atomic E-state index is 12.1. The molecule has 1 aromatic carbocycles. The van der Waals surface area contributed by atoms with Crippen LogP contribution in [0.1, 0.15) is 21.8 Å². The zero-order valence-corrected chi connectivity index (χ0v) is 14.4. The number of rotatable bonds is 6. The molecule has 3 aromatic rings. The topological polar surface area (TPSA) is 80.0 Å². The number of carbonyl (C=O) groups is 1. The Morgan fingerprint density at radius 2 is 2.12 bits per heavy atom. The smallest absolute Gasteiger partial charge is 0.275 e. The summed E-state index contributed by atoms with van der Waals surface area (Å²) in [6.07, 6.45) is 2.47. The second-order valence-corrected chi connectivity index (χ2v) is 5.95. The number of halogens is 1. The summed E-state index contributed by atoms with van der Waals surface area (Å²) in [6, 6.07) is 12.9. The van der Waals surface area contributed by atoms with E-state index in [0.717, 1.165) is 29.2 Å². The molecule has 0 aliphatic rings.